The molecule has 0 aliphatic carbocycles. The van der Waals surface area contributed by atoms with Crippen molar-refractivity contribution >= 4 is 11.6 Å². The van der Waals surface area contributed by atoms with Crippen LogP contribution in [0.25, 0.3) is 0 Å². The number of hydrogen-bond donors (Lipinski definition) is 2. The van der Waals surface area contributed by atoms with Crippen molar-refractivity contribution in [1.82, 2.24) is 4.90 Å². The van der Waals surface area contributed by atoms with Crippen LogP contribution in [-0.4, -0.2) is 24.4 Å². The van der Waals surface area contributed by atoms with E-state index in [0.717, 1.165) is 18.8 Å². The summed E-state index contributed by atoms with van der Waals surface area (Å²) in [6, 6.07) is 6.08. The largest absolute Gasteiger partial charge is 0.330 e. The zero-order valence-electron chi connectivity index (χ0n) is 9.49. The Morgan fingerprint density at radius 1 is 1.44 bits per heavy atom. The van der Waals surface area contributed by atoms with Crippen molar-refractivity contribution in [3.63, 3.8) is 0 Å². The summed E-state index contributed by atoms with van der Waals surface area (Å²) in [4.78, 5) is 13.6. The molecule has 0 saturated carbocycles. The maximum atomic E-state index is 11.4. The highest BCUT2D eigenvalue weighted by atomic mass is 16.1. The van der Waals surface area contributed by atoms with E-state index in [1.807, 2.05) is 12.1 Å². The summed E-state index contributed by atoms with van der Waals surface area (Å²) in [5, 5.41) is 2.85. The molecule has 1 aliphatic heterocycles. The fraction of sp³-hybridized carbons (Fsp3) is 0.417. The number of anilines is 1. The summed E-state index contributed by atoms with van der Waals surface area (Å²) in [6.45, 7) is 2.34. The molecule has 0 radical (unpaired) electrons. The van der Waals surface area contributed by atoms with Crippen LogP contribution in [-0.2, 0) is 17.9 Å². The maximum Gasteiger partial charge on any atom is 0.225 e. The minimum Gasteiger partial charge on any atom is -0.330 e. The molecule has 16 heavy (non-hydrogen) atoms. The lowest BCUT2D eigenvalue weighted by atomic mass is 10.1. The minimum atomic E-state index is -0.0196. The molecule has 0 bridgehead atoms. The van der Waals surface area contributed by atoms with E-state index < -0.39 is 0 Å². The second kappa shape index (κ2) is 4.63. The predicted octanol–water partition coefficient (Wildman–Crippen LogP) is 0.919. The minimum absolute atomic E-state index is 0.0196. The molecule has 86 valence electrons. The molecule has 1 aliphatic rings. The van der Waals surface area contributed by atoms with Gasteiger partial charge in [0.25, 0.3) is 0 Å². The van der Waals surface area contributed by atoms with Crippen LogP contribution in [0, 0.1) is 0 Å². The molecule has 1 aromatic carbocycles. The fourth-order valence-electron chi connectivity index (χ4n) is 2.00. The fourth-order valence-corrected chi connectivity index (χ4v) is 2.00. The highest BCUT2D eigenvalue weighted by Crippen LogP contribution is 2.24. The van der Waals surface area contributed by atoms with Gasteiger partial charge in [-0.15, -0.1) is 0 Å². The van der Waals surface area contributed by atoms with Crippen LogP contribution in [0.3, 0.4) is 0 Å². The Kier molecular flexibility index (Phi) is 3.22. The van der Waals surface area contributed by atoms with Gasteiger partial charge in [-0.1, -0.05) is 6.07 Å². The number of fused-ring (bicyclic) bond motifs is 1. The Balaban J connectivity index is 2.08. The standard InChI is InChI=1S/C12H17N3O/c1-15-7-9-2-3-11(6-10(9)8-15)14-12(16)4-5-13/h2-3,6H,4-5,7-8,13H2,1H3,(H,14,16). The van der Waals surface area contributed by atoms with Gasteiger partial charge in [0, 0.05) is 31.7 Å². The Hall–Kier alpha value is -1.39. The summed E-state index contributed by atoms with van der Waals surface area (Å²) < 4.78 is 0. The van der Waals surface area contributed by atoms with E-state index in [1.165, 1.54) is 11.1 Å². The van der Waals surface area contributed by atoms with Gasteiger partial charge in [-0.2, -0.15) is 0 Å². The third kappa shape index (κ3) is 2.40. The number of nitrogens with two attached hydrogens (primary N) is 1. The van der Waals surface area contributed by atoms with Crippen molar-refractivity contribution in [2.24, 2.45) is 5.73 Å². The van der Waals surface area contributed by atoms with E-state index >= 15 is 0 Å². The van der Waals surface area contributed by atoms with Crippen molar-refractivity contribution < 1.29 is 4.79 Å². The number of carbonyl (C=O) groups is 1. The number of nitrogens with one attached hydrogen (secondary N) is 1. The molecule has 4 heteroatoms. The van der Waals surface area contributed by atoms with Crippen LogP contribution >= 0.6 is 0 Å². The first-order valence-corrected chi connectivity index (χ1v) is 5.49. The summed E-state index contributed by atoms with van der Waals surface area (Å²) in [6.07, 6.45) is 0.372. The van der Waals surface area contributed by atoms with Gasteiger partial charge in [0.2, 0.25) is 5.91 Å². The summed E-state index contributed by atoms with van der Waals surface area (Å²) in [5.41, 5.74) is 8.84. The normalized spacial score (nSPS) is 14.9. The first-order chi connectivity index (χ1) is 7.69. The lowest BCUT2D eigenvalue weighted by molar-refractivity contribution is -0.116. The number of rotatable bonds is 3. The average Bonchev–Trinajstić information content (AvgIpc) is 2.57. The predicted molar refractivity (Wildman–Crippen MR) is 63.9 cm³/mol. The number of carbonyl (C=O) groups excluding carboxylic acids is 1. The van der Waals surface area contributed by atoms with Gasteiger partial charge in [0.15, 0.2) is 0 Å². The van der Waals surface area contributed by atoms with Gasteiger partial charge in [0.05, 0.1) is 0 Å². The van der Waals surface area contributed by atoms with E-state index in [0.29, 0.717) is 13.0 Å². The zero-order valence-corrected chi connectivity index (χ0v) is 9.49. The first-order valence-electron chi connectivity index (χ1n) is 5.49. The summed E-state index contributed by atoms with van der Waals surface area (Å²) in [7, 11) is 2.09. The van der Waals surface area contributed by atoms with Crippen LogP contribution in [0.1, 0.15) is 17.5 Å². The van der Waals surface area contributed by atoms with Gasteiger partial charge in [-0.3, -0.25) is 9.69 Å². The monoisotopic (exact) mass is 219 g/mol. The molecule has 0 fully saturated rings. The molecule has 1 heterocycles. The van der Waals surface area contributed by atoms with Crippen LogP contribution < -0.4 is 11.1 Å². The highest BCUT2D eigenvalue weighted by molar-refractivity contribution is 5.90. The molecule has 0 unspecified atom stereocenters. The molecule has 4 nitrogen and oxygen atoms in total. The lowest BCUT2D eigenvalue weighted by Gasteiger charge is -2.06. The Morgan fingerprint density at radius 3 is 2.94 bits per heavy atom. The third-order valence-electron chi connectivity index (χ3n) is 2.74. The molecule has 0 saturated heterocycles. The average molecular weight is 219 g/mol. The molecule has 2 rings (SSSR count). The number of hydrogen-bond acceptors (Lipinski definition) is 3. The van der Waals surface area contributed by atoms with Gasteiger partial charge < -0.3 is 11.1 Å². The van der Waals surface area contributed by atoms with E-state index in [4.69, 9.17) is 5.73 Å². The van der Waals surface area contributed by atoms with Gasteiger partial charge >= 0.3 is 0 Å². The van der Waals surface area contributed by atoms with Crippen LogP contribution in [0.15, 0.2) is 18.2 Å². The number of benzene rings is 1. The Labute approximate surface area is 95.4 Å². The molecule has 3 N–H and O–H groups in total. The Bertz CT molecular complexity index is 403. The van der Waals surface area contributed by atoms with Crippen LogP contribution in [0.5, 0.6) is 0 Å². The number of amides is 1. The topological polar surface area (TPSA) is 58.4 Å². The van der Waals surface area contributed by atoms with Gasteiger partial charge in [-0.25, -0.2) is 0 Å². The summed E-state index contributed by atoms with van der Waals surface area (Å²) in [5.74, 6) is -0.0196. The zero-order chi connectivity index (χ0) is 11.5. The second-order valence-electron chi connectivity index (χ2n) is 4.24. The van der Waals surface area contributed by atoms with E-state index in [1.54, 1.807) is 0 Å². The Morgan fingerprint density at radius 2 is 2.19 bits per heavy atom. The van der Waals surface area contributed by atoms with Crippen molar-refractivity contribution in [3.05, 3.63) is 29.3 Å². The smallest absolute Gasteiger partial charge is 0.225 e. The number of nitrogens with zero attached hydrogens (tertiary/aromatic N) is 1. The van der Waals surface area contributed by atoms with Crippen molar-refractivity contribution in [2.75, 3.05) is 18.9 Å². The highest BCUT2D eigenvalue weighted by Gasteiger charge is 2.15. The van der Waals surface area contributed by atoms with E-state index in [-0.39, 0.29) is 5.91 Å². The molecule has 1 aromatic rings. The third-order valence-corrected chi connectivity index (χ3v) is 2.74. The first kappa shape index (κ1) is 11.1. The van der Waals surface area contributed by atoms with E-state index in [9.17, 15) is 4.79 Å². The van der Waals surface area contributed by atoms with Crippen LogP contribution in [0.2, 0.25) is 0 Å². The molecule has 0 aromatic heterocycles. The quantitative estimate of drug-likeness (QED) is 0.794. The second-order valence-corrected chi connectivity index (χ2v) is 4.24. The molecular formula is C12H17N3O. The van der Waals surface area contributed by atoms with Gasteiger partial charge in [-0.05, 0) is 30.3 Å². The molecular weight excluding hydrogens is 202 g/mol. The van der Waals surface area contributed by atoms with Crippen molar-refractivity contribution in [2.45, 2.75) is 19.5 Å². The van der Waals surface area contributed by atoms with Crippen LogP contribution in [0.4, 0.5) is 5.69 Å². The molecule has 0 atom stereocenters. The lowest BCUT2D eigenvalue weighted by Crippen LogP contribution is -2.16. The maximum absolute atomic E-state index is 11.4. The molecule has 0 spiro atoms. The van der Waals surface area contributed by atoms with E-state index in [2.05, 4.69) is 23.3 Å². The molecule has 1 amide bonds. The van der Waals surface area contributed by atoms with Crippen molar-refractivity contribution in [1.29, 1.82) is 0 Å². The van der Waals surface area contributed by atoms with Crippen molar-refractivity contribution in [3.8, 4) is 0 Å². The van der Waals surface area contributed by atoms with Gasteiger partial charge in [0.1, 0.15) is 0 Å². The summed E-state index contributed by atoms with van der Waals surface area (Å²) >= 11 is 0. The SMILES string of the molecule is CN1Cc2ccc(NC(=O)CCN)cc2C1.